The summed E-state index contributed by atoms with van der Waals surface area (Å²) in [5.74, 6) is -1.09. The second-order valence-electron chi connectivity index (χ2n) is 4.79. The first kappa shape index (κ1) is 13.6. The van der Waals surface area contributed by atoms with Crippen molar-refractivity contribution in [2.45, 2.75) is 12.6 Å². The molecule has 1 N–H and O–H groups in total. The Labute approximate surface area is 122 Å². The van der Waals surface area contributed by atoms with E-state index in [-0.39, 0.29) is 16.7 Å². The number of carbonyl (C=O) groups is 1. The van der Waals surface area contributed by atoms with Gasteiger partial charge in [0.2, 0.25) is 0 Å². The van der Waals surface area contributed by atoms with Gasteiger partial charge in [0.05, 0.1) is 17.2 Å². The third-order valence-corrected chi connectivity index (χ3v) is 4.20. The number of nitrogens with zero attached hydrogens (tertiary/aromatic N) is 5. The third kappa shape index (κ3) is 2.76. The quantitative estimate of drug-likeness (QED) is 0.647. The van der Waals surface area contributed by atoms with Crippen LogP contribution in [0.15, 0.2) is 17.6 Å². The molecular formula is C11H11N5O4S. The molecule has 0 bridgehead atoms. The van der Waals surface area contributed by atoms with Crippen LogP contribution in [-0.4, -0.2) is 49.0 Å². The maximum atomic E-state index is 10.7. The van der Waals surface area contributed by atoms with Crippen LogP contribution in [0.3, 0.4) is 0 Å². The molecule has 0 aliphatic carbocycles. The smallest absolute Gasteiger partial charge is 0.358 e. The van der Waals surface area contributed by atoms with E-state index in [2.05, 4.69) is 15.2 Å². The summed E-state index contributed by atoms with van der Waals surface area (Å²) in [5, 5.41) is 28.7. The van der Waals surface area contributed by atoms with Gasteiger partial charge in [-0.2, -0.15) is 0 Å². The van der Waals surface area contributed by atoms with E-state index < -0.39 is 10.9 Å². The molecule has 0 radical (unpaired) electrons. The van der Waals surface area contributed by atoms with Gasteiger partial charge in [0.25, 0.3) is 0 Å². The largest absolute Gasteiger partial charge is 0.476 e. The molecule has 1 aliphatic rings. The van der Waals surface area contributed by atoms with Crippen LogP contribution in [0.4, 0.5) is 5.00 Å². The summed E-state index contributed by atoms with van der Waals surface area (Å²) in [5.41, 5.74) is 0.844. The Morgan fingerprint density at radius 1 is 1.57 bits per heavy atom. The highest BCUT2D eigenvalue weighted by Crippen LogP contribution is 2.27. The highest BCUT2D eigenvalue weighted by molar-refractivity contribution is 7.13. The maximum Gasteiger partial charge on any atom is 0.358 e. The number of thiophene rings is 1. The Morgan fingerprint density at radius 3 is 2.90 bits per heavy atom. The third-order valence-electron chi connectivity index (χ3n) is 3.27. The minimum atomic E-state index is -1.09. The molecule has 3 rings (SSSR count). The molecule has 1 fully saturated rings. The van der Waals surface area contributed by atoms with Crippen molar-refractivity contribution in [2.75, 3.05) is 13.1 Å². The van der Waals surface area contributed by atoms with E-state index in [0.717, 1.165) is 16.9 Å². The Morgan fingerprint density at radius 2 is 2.33 bits per heavy atom. The second kappa shape index (κ2) is 5.22. The summed E-state index contributed by atoms with van der Waals surface area (Å²) in [6.45, 7) is 2.07. The van der Waals surface area contributed by atoms with Crippen molar-refractivity contribution in [3.05, 3.63) is 39.0 Å². The predicted octanol–water partition coefficient (Wildman–Crippen LogP) is 1.00. The van der Waals surface area contributed by atoms with Crippen LogP contribution in [0.2, 0.25) is 0 Å². The van der Waals surface area contributed by atoms with Gasteiger partial charge >= 0.3 is 11.0 Å². The average molecular weight is 309 g/mol. The van der Waals surface area contributed by atoms with Gasteiger partial charge in [-0.15, -0.1) is 5.10 Å². The van der Waals surface area contributed by atoms with Gasteiger partial charge in [0, 0.05) is 31.1 Å². The molecule has 21 heavy (non-hydrogen) atoms. The van der Waals surface area contributed by atoms with E-state index in [1.807, 2.05) is 0 Å². The lowest BCUT2D eigenvalue weighted by Gasteiger charge is -2.38. The standard InChI is InChI=1S/C11H11N5O4S/c17-11(18)9-5-15(13-12-9)8-3-14(4-8)2-7-1-10(16(19)20)21-6-7/h1,5-6,8H,2-4H2,(H,17,18). The Balaban J connectivity index is 1.55. The van der Waals surface area contributed by atoms with Crippen molar-refractivity contribution in [1.29, 1.82) is 0 Å². The van der Waals surface area contributed by atoms with Gasteiger partial charge < -0.3 is 5.11 Å². The summed E-state index contributed by atoms with van der Waals surface area (Å²) in [6.07, 6.45) is 1.42. The highest BCUT2D eigenvalue weighted by Gasteiger charge is 2.30. The van der Waals surface area contributed by atoms with Gasteiger partial charge in [-0.25, -0.2) is 9.48 Å². The van der Waals surface area contributed by atoms with Crippen LogP contribution in [0.25, 0.3) is 0 Å². The number of likely N-dealkylation sites (tertiary alicyclic amines) is 1. The lowest BCUT2D eigenvalue weighted by atomic mass is 10.1. The van der Waals surface area contributed by atoms with Crippen LogP contribution < -0.4 is 0 Å². The molecule has 0 saturated carbocycles. The average Bonchev–Trinajstić information content (AvgIpc) is 3.02. The van der Waals surface area contributed by atoms with Crippen LogP contribution in [0.1, 0.15) is 22.1 Å². The topological polar surface area (TPSA) is 114 Å². The van der Waals surface area contributed by atoms with E-state index in [0.29, 0.717) is 19.6 Å². The molecule has 10 heteroatoms. The fourth-order valence-electron chi connectivity index (χ4n) is 2.19. The fraction of sp³-hybridized carbons (Fsp3) is 0.364. The SMILES string of the molecule is O=C(O)c1cn(C2CN(Cc3csc([N+](=O)[O-])c3)C2)nn1. The van der Waals surface area contributed by atoms with Gasteiger partial charge in [-0.3, -0.25) is 15.0 Å². The van der Waals surface area contributed by atoms with Gasteiger partial charge in [0.15, 0.2) is 5.69 Å². The first-order valence-corrected chi connectivity index (χ1v) is 7.00. The van der Waals surface area contributed by atoms with Crippen LogP contribution in [0, 0.1) is 10.1 Å². The molecule has 0 unspecified atom stereocenters. The zero-order chi connectivity index (χ0) is 15.0. The second-order valence-corrected chi connectivity index (χ2v) is 5.68. The molecule has 110 valence electrons. The monoisotopic (exact) mass is 309 g/mol. The van der Waals surface area contributed by atoms with Crippen LogP contribution >= 0.6 is 11.3 Å². The number of aromatic carboxylic acids is 1. The number of hydrogen-bond acceptors (Lipinski definition) is 7. The molecule has 9 nitrogen and oxygen atoms in total. The molecular weight excluding hydrogens is 298 g/mol. The van der Waals surface area contributed by atoms with Gasteiger partial charge in [-0.05, 0) is 5.56 Å². The van der Waals surface area contributed by atoms with Crippen molar-refractivity contribution in [2.24, 2.45) is 0 Å². The van der Waals surface area contributed by atoms with Crippen LogP contribution in [0.5, 0.6) is 0 Å². The summed E-state index contributed by atoms with van der Waals surface area (Å²) >= 11 is 1.12. The molecule has 0 atom stereocenters. The summed E-state index contributed by atoms with van der Waals surface area (Å²) in [6, 6.07) is 1.68. The van der Waals surface area contributed by atoms with Crippen molar-refractivity contribution in [3.63, 3.8) is 0 Å². The fourth-order valence-corrected chi connectivity index (χ4v) is 2.91. The van der Waals surface area contributed by atoms with E-state index in [9.17, 15) is 14.9 Å². The molecule has 1 saturated heterocycles. The van der Waals surface area contributed by atoms with Crippen molar-refractivity contribution in [3.8, 4) is 0 Å². The summed E-state index contributed by atoms with van der Waals surface area (Å²) < 4.78 is 1.55. The molecule has 3 heterocycles. The molecule has 2 aromatic heterocycles. The Bertz CT molecular complexity index is 690. The zero-order valence-electron chi connectivity index (χ0n) is 10.7. The minimum absolute atomic E-state index is 0.0677. The lowest BCUT2D eigenvalue weighted by Crippen LogP contribution is -2.47. The Kier molecular flexibility index (Phi) is 3.39. The normalized spacial score (nSPS) is 15.8. The van der Waals surface area contributed by atoms with Gasteiger partial charge in [-0.1, -0.05) is 16.6 Å². The maximum absolute atomic E-state index is 10.7. The number of carboxylic acid groups (broad SMARTS) is 1. The van der Waals surface area contributed by atoms with Crippen molar-refractivity contribution >= 4 is 22.3 Å². The number of hydrogen-bond donors (Lipinski definition) is 1. The molecule has 2 aromatic rings. The first-order chi connectivity index (χ1) is 10.0. The zero-order valence-corrected chi connectivity index (χ0v) is 11.6. The van der Waals surface area contributed by atoms with Crippen molar-refractivity contribution in [1.82, 2.24) is 19.9 Å². The first-order valence-electron chi connectivity index (χ1n) is 6.12. The van der Waals surface area contributed by atoms with E-state index in [1.165, 1.54) is 6.20 Å². The predicted molar refractivity (Wildman–Crippen MR) is 72.3 cm³/mol. The number of nitro groups is 1. The van der Waals surface area contributed by atoms with E-state index in [4.69, 9.17) is 5.11 Å². The number of aromatic nitrogens is 3. The van der Waals surface area contributed by atoms with Crippen molar-refractivity contribution < 1.29 is 14.8 Å². The number of rotatable bonds is 5. The number of carboxylic acids is 1. The molecule has 1 aliphatic heterocycles. The minimum Gasteiger partial charge on any atom is -0.476 e. The summed E-state index contributed by atoms with van der Waals surface area (Å²) in [7, 11) is 0. The van der Waals surface area contributed by atoms with E-state index in [1.54, 1.807) is 16.1 Å². The van der Waals surface area contributed by atoms with E-state index >= 15 is 0 Å². The Hall–Kier alpha value is -2.33. The highest BCUT2D eigenvalue weighted by atomic mass is 32.1. The summed E-state index contributed by atoms with van der Waals surface area (Å²) in [4.78, 5) is 23.1. The van der Waals surface area contributed by atoms with Crippen LogP contribution in [-0.2, 0) is 6.54 Å². The lowest BCUT2D eigenvalue weighted by molar-refractivity contribution is -0.380. The molecule has 0 amide bonds. The molecule has 0 aromatic carbocycles. The molecule has 0 spiro atoms. The van der Waals surface area contributed by atoms with Gasteiger partial charge in [0.1, 0.15) is 0 Å².